The minimum atomic E-state index is -0.506. The van der Waals surface area contributed by atoms with Gasteiger partial charge in [-0.25, -0.2) is 0 Å². The number of aryl methyl sites for hydroxylation is 2. The van der Waals surface area contributed by atoms with Crippen LogP contribution in [-0.2, 0) is 0 Å². The molecule has 0 spiro atoms. The summed E-state index contributed by atoms with van der Waals surface area (Å²) in [4.78, 5) is 0. The average molecular weight is 483 g/mol. The van der Waals surface area contributed by atoms with E-state index in [4.69, 9.17) is 9.47 Å². The van der Waals surface area contributed by atoms with Gasteiger partial charge in [-0.05, 0) is 94.1 Å². The molecule has 2 aliphatic rings. The fraction of sp³-hybridized carbons (Fsp3) is 0.586. The molecular weight excluding hydrogens is 440 g/mol. The molecule has 2 aliphatic carbocycles. The molecular formula is C29H42N2O4. The molecule has 2 aromatic carbocycles. The predicted molar refractivity (Wildman–Crippen MR) is 139 cm³/mol. The van der Waals surface area contributed by atoms with Crippen LogP contribution in [0.25, 0.3) is 0 Å². The van der Waals surface area contributed by atoms with Gasteiger partial charge in [-0.15, -0.1) is 0 Å². The van der Waals surface area contributed by atoms with Gasteiger partial charge in [-0.1, -0.05) is 35.4 Å². The summed E-state index contributed by atoms with van der Waals surface area (Å²) in [5, 5.41) is 27.4. The summed E-state index contributed by atoms with van der Waals surface area (Å²) in [6.45, 7) is 7.78. The van der Waals surface area contributed by atoms with Gasteiger partial charge in [0, 0.05) is 13.1 Å². The molecule has 0 heterocycles. The minimum Gasteiger partial charge on any atom is -0.491 e. The van der Waals surface area contributed by atoms with Crippen LogP contribution in [0.3, 0.4) is 0 Å². The third-order valence-electron chi connectivity index (χ3n) is 7.65. The lowest BCUT2D eigenvalue weighted by atomic mass is 9.82. The van der Waals surface area contributed by atoms with Crippen molar-refractivity contribution in [1.29, 1.82) is 0 Å². The van der Waals surface area contributed by atoms with Gasteiger partial charge in [0.1, 0.15) is 36.9 Å². The first kappa shape index (κ1) is 26.0. The number of fused-ring (bicyclic) bond motifs is 2. The van der Waals surface area contributed by atoms with Crippen molar-refractivity contribution in [2.45, 2.75) is 45.3 Å². The van der Waals surface area contributed by atoms with Crippen LogP contribution in [0.4, 0.5) is 0 Å². The highest BCUT2D eigenvalue weighted by molar-refractivity contribution is 5.27. The second-order valence-corrected chi connectivity index (χ2v) is 10.6. The van der Waals surface area contributed by atoms with Gasteiger partial charge in [-0.3, -0.25) is 0 Å². The lowest BCUT2D eigenvalue weighted by molar-refractivity contribution is 0.102. The van der Waals surface area contributed by atoms with Crippen LogP contribution in [-0.4, -0.2) is 61.8 Å². The molecule has 2 saturated carbocycles. The van der Waals surface area contributed by atoms with Crippen molar-refractivity contribution < 1.29 is 19.7 Å². The summed E-state index contributed by atoms with van der Waals surface area (Å²) in [5.41, 5.74) is 2.40. The molecule has 0 amide bonds. The Hall–Kier alpha value is -2.12. The van der Waals surface area contributed by atoms with Crippen LogP contribution < -0.4 is 20.1 Å². The van der Waals surface area contributed by atoms with Crippen molar-refractivity contribution in [3.8, 4) is 11.5 Å². The number of benzene rings is 2. The zero-order chi connectivity index (χ0) is 24.6. The second-order valence-electron chi connectivity index (χ2n) is 10.6. The number of nitrogens with one attached hydrogen (secondary N) is 2. The zero-order valence-corrected chi connectivity index (χ0v) is 21.2. The van der Waals surface area contributed by atoms with E-state index in [1.807, 2.05) is 62.4 Å². The van der Waals surface area contributed by atoms with Gasteiger partial charge in [0.15, 0.2) is 0 Å². The van der Waals surface area contributed by atoms with Gasteiger partial charge in [0.25, 0.3) is 0 Å². The van der Waals surface area contributed by atoms with Crippen molar-refractivity contribution in [3.05, 3.63) is 59.7 Å². The highest BCUT2D eigenvalue weighted by Gasteiger charge is 2.45. The van der Waals surface area contributed by atoms with Gasteiger partial charge in [0.05, 0.1) is 0 Å². The van der Waals surface area contributed by atoms with E-state index in [1.54, 1.807) is 0 Å². The van der Waals surface area contributed by atoms with E-state index >= 15 is 0 Å². The maximum Gasteiger partial charge on any atom is 0.119 e. The highest BCUT2D eigenvalue weighted by Crippen LogP contribution is 2.51. The monoisotopic (exact) mass is 482 g/mol. The number of aliphatic hydroxyl groups is 2. The number of rotatable bonds is 14. The average Bonchev–Trinajstić information content (AvgIpc) is 3.44. The van der Waals surface area contributed by atoms with Gasteiger partial charge < -0.3 is 30.3 Å². The molecule has 4 N–H and O–H groups in total. The predicted octanol–water partition coefficient (Wildman–Crippen LogP) is 3.32. The molecule has 0 aromatic heterocycles. The third kappa shape index (κ3) is 7.94. The van der Waals surface area contributed by atoms with Gasteiger partial charge in [-0.2, -0.15) is 0 Å². The molecule has 0 saturated heterocycles. The molecule has 6 nitrogen and oxygen atoms in total. The first-order valence-electron chi connectivity index (χ1n) is 13.1. The number of hydrogen-bond acceptors (Lipinski definition) is 6. The second kappa shape index (κ2) is 12.7. The largest absolute Gasteiger partial charge is 0.491 e. The molecule has 2 fully saturated rings. The van der Waals surface area contributed by atoms with Crippen LogP contribution in [0.5, 0.6) is 11.5 Å². The van der Waals surface area contributed by atoms with Crippen molar-refractivity contribution in [1.82, 2.24) is 10.6 Å². The summed E-state index contributed by atoms with van der Waals surface area (Å²) < 4.78 is 11.4. The van der Waals surface area contributed by atoms with Crippen LogP contribution in [0, 0.1) is 37.5 Å². The third-order valence-corrected chi connectivity index (χ3v) is 7.65. The Morgan fingerprint density at radius 3 is 1.46 bits per heavy atom. The van der Waals surface area contributed by atoms with E-state index in [-0.39, 0.29) is 0 Å². The summed E-state index contributed by atoms with van der Waals surface area (Å²) >= 11 is 0. The Labute approximate surface area is 210 Å². The topological polar surface area (TPSA) is 83.0 Å². The van der Waals surface area contributed by atoms with Crippen molar-refractivity contribution in [3.63, 3.8) is 0 Å². The van der Waals surface area contributed by atoms with Gasteiger partial charge >= 0.3 is 0 Å². The Morgan fingerprint density at radius 2 is 1.09 bits per heavy atom. The Balaban J connectivity index is 1.05. The summed E-state index contributed by atoms with van der Waals surface area (Å²) in [7, 11) is 0. The lowest BCUT2D eigenvalue weighted by Gasteiger charge is -2.29. The quantitative estimate of drug-likeness (QED) is 0.331. The van der Waals surface area contributed by atoms with Crippen molar-refractivity contribution in [2.75, 3.05) is 39.4 Å². The van der Waals surface area contributed by atoms with Crippen LogP contribution >= 0.6 is 0 Å². The van der Waals surface area contributed by atoms with Crippen molar-refractivity contribution in [2.24, 2.45) is 23.7 Å². The normalized spacial score (nSPS) is 24.9. The first-order chi connectivity index (χ1) is 17.0. The lowest BCUT2D eigenvalue weighted by Crippen LogP contribution is -2.38. The van der Waals surface area contributed by atoms with Crippen LogP contribution in [0.1, 0.15) is 30.4 Å². The molecule has 192 valence electrons. The van der Waals surface area contributed by atoms with E-state index in [2.05, 4.69) is 10.6 Å². The number of ether oxygens (including phenoxy) is 2. The molecule has 4 rings (SSSR count). The fourth-order valence-electron chi connectivity index (χ4n) is 5.66. The van der Waals surface area contributed by atoms with Crippen molar-refractivity contribution >= 4 is 0 Å². The summed E-state index contributed by atoms with van der Waals surface area (Å²) in [6.07, 6.45) is 2.83. The molecule has 6 atom stereocenters. The number of hydrogen-bond donors (Lipinski definition) is 4. The van der Waals surface area contributed by atoms with E-state index in [1.165, 1.54) is 30.4 Å². The summed E-state index contributed by atoms with van der Waals surface area (Å²) in [6, 6.07) is 15.8. The SMILES string of the molecule is Cc1ccc(OCC(O)CNCC2C[C@H]3C[C@@H]2CC3CNCC(O)COc2ccc(C)cc2)cc1. The summed E-state index contributed by atoms with van der Waals surface area (Å²) in [5.74, 6) is 4.55. The molecule has 0 radical (unpaired) electrons. The Kier molecular flexibility index (Phi) is 9.44. The van der Waals surface area contributed by atoms with Crippen LogP contribution in [0.15, 0.2) is 48.5 Å². The van der Waals surface area contributed by atoms with Gasteiger partial charge in [0.2, 0.25) is 0 Å². The molecule has 2 aromatic rings. The van der Waals surface area contributed by atoms with E-state index in [9.17, 15) is 10.2 Å². The molecule has 4 unspecified atom stereocenters. The Morgan fingerprint density at radius 1 is 0.686 bits per heavy atom. The van der Waals surface area contributed by atoms with E-state index in [0.29, 0.717) is 38.1 Å². The van der Waals surface area contributed by atoms with Crippen LogP contribution in [0.2, 0.25) is 0 Å². The molecule has 35 heavy (non-hydrogen) atoms. The molecule has 2 bridgehead atoms. The maximum atomic E-state index is 10.2. The highest BCUT2D eigenvalue weighted by atomic mass is 16.5. The minimum absolute atomic E-state index is 0.308. The molecule has 0 aliphatic heterocycles. The Bertz CT molecular complexity index is 815. The fourth-order valence-corrected chi connectivity index (χ4v) is 5.66. The molecule has 6 heteroatoms. The number of aliphatic hydroxyl groups excluding tert-OH is 2. The smallest absolute Gasteiger partial charge is 0.119 e. The standard InChI is InChI=1S/C29H42N2O4/c1-20-3-7-28(8-4-20)34-18-26(32)16-30-14-24-12-23-11-22(24)13-25(23)15-31-17-27(33)19-35-29-9-5-21(2)6-10-29/h3-10,22-27,30-33H,11-19H2,1-2H3/t22-,23-,24?,25?,26?,27?/m1/s1. The van der Waals surface area contributed by atoms with E-state index in [0.717, 1.165) is 36.4 Å². The first-order valence-corrected chi connectivity index (χ1v) is 13.1. The maximum absolute atomic E-state index is 10.2. The van der Waals surface area contributed by atoms with E-state index < -0.39 is 12.2 Å². The zero-order valence-electron chi connectivity index (χ0n) is 21.2.